The Bertz CT molecular complexity index is 870. The van der Waals surface area contributed by atoms with Crippen LogP contribution in [0.2, 0.25) is 0 Å². The molecule has 0 atom stereocenters. The lowest BCUT2D eigenvalue weighted by Crippen LogP contribution is -2.51. The van der Waals surface area contributed by atoms with Gasteiger partial charge in [0.2, 0.25) is 5.91 Å². The van der Waals surface area contributed by atoms with Crippen LogP contribution in [-0.2, 0) is 4.79 Å². The predicted molar refractivity (Wildman–Crippen MR) is 109 cm³/mol. The number of nitrogens with zero attached hydrogens (tertiary/aromatic N) is 5. The number of benzene rings is 1. The van der Waals surface area contributed by atoms with Crippen LogP contribution in [0, 0.1) is 11.7 Å². The van der Waals surface area contributed by atoms with Crippen LogP contribution < -0.4 is 5.32 Å². The summed E-state index contributed by atoms with van der Waals surface area (Å²) in [5, 5.41) is 10.7. The van der Waals surface area contributed by atoms with Gasteiger partial charge in [-0.1, -0.05) is 18.1 Å². The molecule has 2 aliphatic rings. The Hall–Kier alpha value is -2.81. The van der Waals surface area contributed by atoms with Crippen LogP contribution in [0.4, 0.5) is 4.39 Å². The van der Waals surface area contributed by atoms with Crippen LogP contribution in [0.1, 0.15) is 36.2 Å². The van der Waals surface area contributed by atoms with Crippen LogP contribution in [0.25, 0.3) is 5.69 Å². The van der Waals surface area contributed by atoms with Crippen molar-refractivity contribution in [1.82, 2.24) is 30.1 Å². The average molecular weight is 414 g/mol. The fourth-order valence-corrected chi connectivity index (χ4v) is 4.13. The number of amides is 2. The molecule has 1 saturated carbocycles. The third-order valence-electron chi connectivity index (χ3n) is 5.92. The van der Waals surface area contributed by atoms with Crippen LogP contribution in [0.15, 0.2) is 30.5 Å². The highest BCUT2D eigenvalue weighted by molar-refractivity contribution is 5.91. The highest BCUT2D eigenvalue weighted by Crippen LogP contribution is 2.26. The van der Waals surface area contributed by atoms with Crippen LogP contribution in [-0.4, -0.2) is 75.9 Å². The molecule has 1 saturated heterocycles. The van der Waals surface area contributed by atoms with Crippen molar-refractivity contribution >= 4 is 11.8 Å². The molecular weight excluding hydrogens is 387 g/mol. The second-order valence-electron chi connectivity index (χ2n) is 7.93. The third-order valence-corrected chi connectivity index (χ3v) is 5.92. The number of hydrogen-bond acceptors (Lipinski definition) is 5. The number of piperazine rings is 1. The van der Waals surface area contributed by atoms with Crippen molar-refractivity contribution in [2.75, 3.05) is 39.3 Å². The van der Waals surface area contributed by atoms with E-state index in [1.54, 1.807) is 12.1 Å². The molecule has 8 nitrogen and oxygen atoms in total. The SMILES string of the molecule is O=C(NCCN1CCN(C(=O)C2CCCC2)CC1)c1cn(-c2ccc(F)cc2)nn1. The molecule has 1 aromatic carbocycles. The fourth-order valence-electron chi connectivity index (χ4n) is 4.13. The monoisotopic (exact) mass is 414 g/mol. The molecule has 30 heavy (non-hydrogen) atoms. The fraction of sp³-hybridized carbons (Fsp3) is 0.524. The normalized spacial score (nSPS) is 18.0. The highest BCUT2D eigenvalue weighted by atomic mass is 19.1. The van der Waals surface area contributed by atoms with Gasteiger partial charge in [0.05, 0.1) is 11.9 Å². The van der Waals surface area contributed by atoms with Gasteiger partial charge in [0.25, 0.3) is 5.91 Å². The number of nitrogens with one attached hydrogen (secondary N) is 1. The smallest absolute Gasteiger partial charge is 0.273 e. The van der Waals surface area contributed by atoms with Crippen LogP contribution >= 0.6 is 0 Å². The van der Waals surface area contributed by atoms with Crippen molar-refractivity contribution in [3.63, 3.8) is 0 Å². The minimum atomic E-state index is -0.333. The Morgan fingerprint density at radius 3 is 2.47 bits per heavy atom. The van der Waals surface area contributed by atoms with Gasteiger partial charge < -0.3 is 10.2 Å². The second kappa shape index (κ2) is 9.34. The van der Waals surface area contributed by atoms with E-state index in [1.165, 1.54) is 35.9 Å². The zero-order chi connectivity index (χ0) is 20.9. The molecule has 9 heteroatoms. The molecule has 0 radical (unpaired) electrons. The first-order valence-electron chi connectivity index (χ1n) is 10.6. The van der Waals surface area contributed by atoms with Gasteiger partial charge in [0.1, 0.15) is 5.82 Å². The maximum atomic E-state index is 13.0. The van der Waals surface area contributed by atoms with Gasteiger partial charge in [-0.3, -0.25) is 14.5 Å². The summed E-state index contributed by atoms with van der Waals surface area (Å²) in [5.74, 6) is -0.0668. The van der Waals surface area contributed by atoms with E-state index in [2.05, 4.69) is 20.5 Å². The summed E-state index contributed by atoms with van der Waals surface area (Å²) < 4.78 is 14.5. The molecule has 0 bridgehead atoms. The summed E-state index contributed by atoms with van der Waals surface area (Å²) in [6.07, 6.45) is 5.95. The molecule has 2 aromatic rings. The lowest BCUT2D eigenvalue weighted by atomic mass is 10.1. The van der Waals surface area contributed by atoms with E-state index in [-0.39, 0.29) is 23.3 Å². The molecule has 4 rings (SSSR count). The lowest BCUT2D eigenvalue weighted by Gasteiger charge is -2.36. The Balaban J connectivity index is 1.19. The van der Waals surface area contributed by atoms with E-state index in [0.717, 1.165) is 45.6 Å². The van der Waals surface area contributed by atoms with Crippen LogP contribution in [0.3, 0.4) is 0 Å². The summed E-state index contributed by atoms with van der Waals surface area (Å²) in [6.45, 7) is 4.40. The first-order valence-corrected chi connectivity index (χ1v) is 10.6. The number of carbonyl (C=O) groups is 2. The van der Waals surface area contributed by atoms with Gasteiger partial charge in [0.15, 0.2) is 5.69 Å². The van der Waals surface area contributed by atoms with E-state index >= 15 is 0 Å². The van der Waals surface area contributed by atoms with E-state index in [0.29, 0.717) is 18.1 Å². The van der Waals surface area contributed by atoms with E-state index in [1.807, 2.05) is 4.90 Å². The summed E-state index contributed by atoms with van der Waals surface area (Å²) in [7, 11) is 0. The van der Waals surface area contributed by atoms with Gasteiger partial charge in [0, 0.05) is 45.2 Å². The molecule has 2 fully saturated rings. The van der Waals surface area contributed by atoms with Gasteiger partial charge >= 0.3 is 0 Å². The van der Waals surface area contributed by atoms with E-state index in [9.17, 15) is 14.0 Å². The molecule has 1 aliphatic carbocycles. The first-order chi connectivity index (χ1) is 14.6. The van der Waals surface area contributed by atoms with Gasteiger partial charge in [-0.2, -0.15) is 0 Å². The Kier molecular flexibility index (Phi) is 6.37. The maximum Gasteiger partial charge on any atom is 0.273 e. The van der Waals surface area contributed by atoms with Crippen molar-refractivity contribution in [2.24, 2.45) is 5.92 Å². The number of rotatable bonds is 6. The lowest BCUT2D eigenvalue weighted by molar-refractivity contribution is -0.137. The predicted octanol–water partition coefficient (Wildman–Crippen LogP) is 1.47. The van der Waals surface area contributed by atoms with Crippen molar-refractivity contribution in [1.29, 1.82) is 0 Å². The number of aromatic nitrogens is 3. The Morgan fingerprint density at radius 2 is 1.77 bits per heavy atom. The largest absolute Gasteiger partial charge is 0.349 e. The van der Waals surface area contributed by atoms with Crippen molar-refractivity contribution < 1.29 is 14.0 Å². The molecule has 0 unspecified atom stereocenters. The molecule has 2 amide bonds. The number of carbonyl (C=O) groups excluding carboxylic acids is 2. The second-order valence-corrected chi connectivity index (χ2v) is 7.93. The highest BCUT2D eigenvalue weighted by Gasteiger charge is 2.29. The molecule has 1 N–H and O–H groups in total. The Morgan fingerprint density at radius 1 is 1.07 bits per heavy atom. The topological polar surface area (TPSA) is 83.4 Å². The minimum absolute atomic E-state index is 0.214. The summed E-state index contributed by atoms with van der Waals surface area (Å²) >= 11 is 0. The van der Waals surface area contributed by atoms with Gasteiger partial charge in [-0.15, -0.1) is 5.10 Å². The van der Waals surface area contributed by atoms with Crippen molar-refractivity contribution in [3.8, 4) is 5.69 Å². The van der Waals surface area contributed by atoms with Crippen molar-refractivity contribution in [3.05, 3.63) is 42.0 Å². The minimum Gasteiger partial charge on any atom is -0.349 e. The molecular formula is C21H27FN6O2. The molecule has 1 aliphatic heterocycles. The number of halogens is 1. The van der Waals surface area contributed by atoms with E-state index in [4.69, 9.17) is 0 Å². The number of hydrogen-bond donors (Lipinski definition) is 1. The molecule has 160 valence electrons. The summed E-state index contributed by atoms with van der Waals surface area (Å²) in [6, 6.07) is 5.81. The standard InChI is InChI=1S/C21H27FN6O2/c22-17-5-7-18(8-6-17)28-15-19(24-25-28)20(29)23-9-10-26-11-13-27(14-12-26)21(30)16-3-1-2-4-16/h5-8,15-16H,1-4,9-14H2,(H,23,29). The molecule has 1 aromatic heterocycles. The van der Waals surface area contributed by atoms with Crippen molar-refractivity contribution in [2.45, 2.75) is 25.7 Å². The summed E-state index contributed by atoms with van der Waals surface area (Å²) in [5.41, 5.74) is 0.847. The quantitative estimate of drug-likeness (QED) is 0.774. The summed E-state index contributed by atoms with van der Waals surface area (Å²) in [4.78, 5) is 29.1. The maximum absolute atomic E-state index is 13.0. The zero-order valence-corrected chi connectivity index (χ0v) is 17.0. The zero-order valence-electron chi connectivity index (χ0n) is 17.0. The molecule has 2 heterocycles. The first kappa shape index (κ1) is 20.5. The Labute approximate surface area is 175 Å². The van der Waals surface area contributed by atoms with Gasteiger partial charge in [-0.25, -0.2) is 9.07 Å². The van der Waals surface area contributed by atoms with E-state index < -0.39 is 0 Å². The average Bonchev–Trinajstić information content (AvgIpc) is 3.47. The third kappa shape index (κ3) is 4.84. The molecule has 0 spiro atoms. The van der Waals surface area contributed by atoms with Crippen LogP contribution in [0.5, 0.6) is 0 Å². The van der Waals surface area contributed by atoms with Gasteiger partial charge in [-0.05, 0) is 37.1 Å².